The van der Waals surface area contributed by atoms with Gasteiger partial charge in [-0.05, 0) is 36.2 Å². The van der Waals surface area contributed by atoms with Crippen molar-refractivity contribution < 1.29 is 9.13 Å². The van der Waals surface area contributed by atoms with Crippen LogP contribution in [0.3, 0.4) is 0 Å². The Kier molecular flexibility index (Phi) is 3.97. The molecule has 0 unspecified atom stereocenters. The normalized spacial score (nSPS) is 11.0. The van der Waals surface area contributed by atoms with Gasteiger partial charge in [-0.15, -0.1) is 11.3 Å². The number of aromatic nitrogens is 2. The van der Waals surface area contributed by atoms with Gasteiger partial charge in [-0.3, -0.25) is 0 Å². The van der Waals surface area contributed by atoms with E-state index in [4.69, 9.17) is 27.9 Å². The van der Waals surface area contributed by atoms with E-state index in [1.54, 1.807) is 11.3 Å². The van der Waals surface area contributed by atoms with Crippen molar-refractivity contribution >= 4 is 44.8 Å². The molecule has 3 aromatic rings. The molecule has 0 N–H and O–H groups in total. The second-order valence-electron chi connectivity index (χ2n) is 4.26. The molecule has 0 bridgehead atoms. The van der Waals surface area contributed by atoms with Crippen molar-refractivity contribution in [2.75, 3.05) is 0 Å². The molecule has 0 saturated carbocycles. The Labute approximate surface area is 134 Å². The van der Waals surface area contributed by atoms with Crippen LogP contribution in [0, 0.1) is 5.82 Å². The zero-order chi connectivity index (χ0) is 15.0. The Morgan fingerprint density at radius 3 is 2.76 bits per heavy atom. The molecule has 0 atom stereocenters. The molecule has 0 saturated heterocycles. The van der Waals surface area contributed by atoms with Crippen LogP contribution in [-0.4, -0.2) is 9.97 Å². The Hall–Kier alpha value is -1.43. The number of benzene rings is 1. The number of hydrogen-bond acceptors (Lipinski definition) is 4. The molecule has 0 amide bonds. The number of aryl methyl sites for hydroxylation is 1. The lowest BCUT2D eigenvalue weighted by Crippen LogP contribution is -1.91. The summed E-state index contributed by atoms with van der Waals surface area (Å²) in [7, 11) is 0. The van der Waals surface area contributed by atoms with Crippen molar-refractivity contribution in [3.8, 4) is 11.6 Å². The van der Waals surface area contributed by atoms with Crippen molar-refractivity contribution in [1.29, 1.82) is 0 Å². The fraction of sp³-hybridized carbons (Fsp3) is 0.143. The highest BCUT2D eigenvalue weighted by molar-refractivity contribution is 7.18. The lowest BCUT2D eigenvalue weighted by molar-refractivity contribution is 0.466. The van der Waals surface area contributed by atoms with Crippen LogP contribution in [0.25, 0.3) is 10.2 Å². The van der Waals surface area contributed by atoms with Crippen molar-refractivity contribution in [1.82, 2.24) is 9.97 Å². The van der Waals surface area contributed by atoms with E-state index in [9.17, 15) is 4.39 Å². The third-order valence-electron chi connectivity index (χ3n) is 2.84. The van der Waals surface area contributed by atoms with Gasteiger partial charge in [-0.2, -0.15) is 4.98 Å². The number of nitrogens with zero attached hydrogens (tertiary/aromatic N) is 2. The SMILES string of the molecule is CCc1cc2c(Oc3ccc(F)c(Cl)c3)nc(Cl)nc2s1. The van der Waals surface area contributed by atoms with Gasteiger partial charge in [0.2, 0.25) is 11.2 Å². The molecule has 7 heteroatoms. The highest BCUT2D eigenvalue weighted by Gasteiger charge is 2.13. The first-order valence-corrected chi connectivity index (χ1v) is 7.73. The summed E-state index contributed by atoms with van der Waals surface area (Å²) in [6, 6.07) is 6.08. The summed E-state index contributed by atoms with van der Waals surface area (Å²) < 4.78 is 18.9. The second kappa shape index (κ2) is 5.75. The Balaban J connectivity index is 2.06. The summed E-state index contributed by atoms with van der Waals surface area (Å²) in [5.41, 5.74) is 0. The van der Waals surface area contributed by atoms with Crippen molar-refractivity contribution in [3.63, 3.8) is 0 Å². The standard InChI is InChI=1S/C14H9Cl2FN2OS/c1-2-8-6-9-12(18-14(16)19-13(9)21-8)20-7-3-4-11(17)10(15)5-7/h3-6H,2H2,1H3. The molecule has 0 aliphatic carbocycles. The number of hydrogen-bond donors (Lipinski definition) is 0. The predicted molar refractivity (Wildman–Crippen MR) is 83.3 cm³/mol. The fourth-order valence-corrected chi connectivity index (χ4v) is 3.16. The Morgan fingerprint density at radius 2 is 2.05 bits per heavy atom. The summed E-state index contributed by atoms with van der Waals surface area (Å²) >= 11 is 13.2. The monoisotopic (exact) mass is 342 g/mol. The van der Waals surface area contributed by atoms with E-state index in [2.05, 4.69) is 16.9 Å². The minimum Gasteiger partial charge on any atom is -0.438 e. The van der Waals surface area contributed by atoms with Gasteiger partial charge < -0.3 is 4.74 Å². The second-order valence-corrected chi connectivity index (χ2v) is 6.12. The molecule has 3 nitrogen and oxygen atoms in total. The quantitative estimate of drug-likeness (QED) is 0.590. The van der Waals surface area contributed by atoms with E-state index >= 15 is 0 Å². The average Bonchev–Trinajstić information content (AvgIpc) is 2.86. The topological polar surface area (TPSA) is 35.0 Å². The van der Waals surface area contributed by atoms with E-state index in [0.29, 0.717) is 11.6 Å². The van der Waals surface area contributed by atoms with Crippen LogP contribution < -0.4 is 4.74 Å². The van der Waals surface area contributed by atoms with Gasteiger partial charge in [0.1, 0.15) is 16.4 Å². The van der Waals surface area contributed by atoms with Gasteiger partial charge >= 0.3 is 0 Å². The number of halogens is 3. The molecule has 0 radical (unpaired) electrons. The molecule has 0 spiro atoms. The molecular weight excluding hydrogens is 334 g/mol. The van der Waals surface area contributed by atoms with Gasteiger partial charge in [0.15, 0.2) is 0 Å². The van der Waals surface area contributed by atoms with E-state index < -0.39 is 5.82 Å². The molecule has 21 heavy (non-hydrogen) atoms. The summed E-state index contributed by atoms with van der Waals surface area (Å²) in [5, 5.41) is 0.875. The lowest BCUT2D eigenvalue weighted by Gasteiger charge is -2.06. The van der Waals surface area contributed by atoms with Gasteiger partial charge in [0.25, 0.3) is 0 Å². The minimum atomic E-state index is -0.501. The molecular formula is C14H9Cl2FN2OS. The molecule has 2 aromatic heterocycles. The van der Waals surface area contributed by atoms with Crippen LogP contribution in [0.5, 0.6) is 11.6 Å². The zero-order valence-electron chi connectivity index (χ0n) is 10.9. The molecule has 0 fully saturated rings. The maximum atomic E-state index is 13.2. The molecule has 3 rings (SSSR count). The van der Waals surface area contributed by atoms with Gasteiger partial charge in [0, 0.05) is 10.9 Å². The summed E-state index contributed by atoms with van der Waals surface area (Å²) in [6.45, 7) is 2.06. The third kappa shape index (κ3) is 2.95. The molecule has 0 aliphatic rings. The van der Waals surface area contributed by atoms with Crippen LogP contribution in [0.4, 0.5) is 4.39 Å². The lowest BCUT2D eigenvalue weighted by atomic mass is 10.3. The number of thiophene rings is 1. The Morgan fingerprint density at radius 1 is 1.24 bits per heavy atom. The maximum Gasteiger partial charge on any atom is 0.232 e. The van der Waals surface area contributed by atoms with Crippen LogP contribution in [0.2, 0.25) is 10.3 Å². The van der Waals surface area contributed by atoms with Gasteiger partial charge in [-0.25, -0.2) is 9.37 Å². The fourth-order valence-electron chi connectivity index (χ4n) is 1.82. The van der Waals surface area contributed by atoms with Crippen molar-refractivity contribution in [2.45, 2.75) is 13.3 Å². The van der Waals surface area contributed by atoms with E-state index in [0.717, 1.165) is 21.5 Å². The number of rotatable bonds is 3. The number of fused-ring (bicyclic) bond motifs is 1. The van der Waals surface area contributed by atoms with Crippen LogP contribution in [0.15, 0.2) is 24.3 Å². The minimum absolute atomic E-state index is 0.0107. The first-order valence-electron chi connectivity index (χ1n) is 6.15. The summed E-state index contributed by atoms with van der Waals surface area (Å²) in [6.07, 6.45) is 0.889. The van der Waals surface area contributed by atoms with Crippen molar-refractivity contribution in [3.05, 3.63) is 45.3 Å². The van der Waals surface area contributed by atoms with Crippen molar-refractivity contribution in [2.24, 2.45) is 0 Å². The summed E-state index contributed by atoms with van der Waals surface area (Å²) in [4.78, 5) is 10.2. The van der Waals surface area contributed by atoms with Crippen LogP contribution in [0.1, 0.15) is 11.8 Å². The van der Waals surface area contributed by atoms with Crippen LogP contribution in [-0.2, 0) is 6.42 Å². The number of ether oxygens (including phenoxy) is 1. The van der Waals surface area contributed by atoms with Crippen LogP contribution >= 0.6 is 34.5 Å². The molecule has 2 heterocycles. The first-order chi connectivity index (χ1) is 10.1. The van der Waals surface area contributed by atoms with E-state index in [-0.39, 0.29) is 10.3 Å². The molecule has 1 aromatic carbocycles. The highest BCUT2D eigenvalue weighted by atomic mass is 35.5. The Bertz CT molecular complexity index is 822. The smallest absolute Gasteiger partial charge is 0.232 e. The average molecular weight is 343 g/mol. The molecule has 0 aliphatic heterocycles. The predicted octanol–water partition coefficient (Wildman–Crippen LogP) is 5.49. The highest BCUT2D eigenvalue weighted by Crippen LogP contribution is 2.34. The molecule has 108 valence electrons. The van der Waals surface area contributed by atoms with E-state index in [1.165, 1.54) is 18.2 Å². The first kappa shape index (κ1) is 14.5. The zero-order valence-corrected chi connectivity index (χ0v) is 13.2. The largest absolute Gasteiger partial charge is 0.438 e. The van der Waals surface area contributed by atoms with Gasteiger partial charge in [-0.1, -0.05) is 18.5 Å². The van der Waals surface area contributed by atoms with Gasteiger partial charge in [0.05, 0.1) is 10.4 Å². The maximum absolute atomic E-state index is 13.2. The third-order valence-corrected chi connectivity index (χ3v) is 4.47. The summed E-state index contributed by atoms with van der Waals surface area (Å²) in [5.74, 6) is 0.226. The van der Waals surface area contributed by atoms with E-state index in [1.807, 2.05) is 6.07 Å².